The Hall–Kier alpha value is 0.340. The zero-order chi connectivity index (χ0) is 9.30. The van der Waals surface area contributed by atoms with E-state index in [2.05, 4.69) is 0 Å². The number of hydrogen-bond donors (Lipinski definition) is 1. The summed E-state index contributed by atoms with van der Waals surface area (Å²) in [6, 6.07) is 2.88. The number of alkyl halides is 2. The average molecular weight is 396 g/mol. The lowest BCUT2D eigenvalue weighted by Gasteiger charge is -2.06. The van der Waals surface area contributed by atoms with Gasteiger partial charge in [0.25, 0.3) is 6.43 Å². The zero-order valence-corrected chi connectivity index (χ0v) is 10.0. The summed E-state index contributed by atoms with van der Waals surface area (Å²) in [4.78, 5) is 0. The van der Waals surface area contributed by atoms with Crippen LogP contribution in [-0.2, 0) is 0 Å². The monoisotopic (exact) mass is 396 g/mol. The summed E-state index contributed by atoms with van der Waals surface area (Å²) in [7, 11) is 0. The molecule has 0 saturated heterocycles. The first-order valence-corrected chi connectivity index (χ1v) is 5.14. The molecule has 0 bridgehead atoms. The molecule has 0 heterocycles. The van der Waals surface area contributed by atoms with Crippen LogP contribution in [0.5, 0.6) is 5.75 Å². The first-order valence-electron chi connectivity index (χ1n) is 2.99. The molecule has 0 fully saturated rings. The first kappa shape index (κ1) is 10.4. The molecule has 0 unspecified atom stereocenters. The van der Waals surface area contributed by atoms with Crippen LogP contribution in [0.4, 0.5) is 8.78 Å². The second-order valence-corrected chi connectivity index (χ2v) is 4.34. The summed E-state index contributed by atoms with van der Waals surface area (Å²) < 4.78 is 25.4. The summed E-state index contributed by atoms with van der Waals surface area (Å²) >= 11 is 3.53. The molecule has 0 aliphatic carbocycles. The quantitative estimate of drug-likeness (QED) is 0.721. The summed E-state index contributed by atoms with van der Waals surface area (Å²) in [5, 5.41) is 9.13. The minimum atomic E-state index is -2.53. The minimum absolute atomic E-state index is 0.0869. The lowest BCUT2D eigenvalue weighted by Crippen LogP contribution is -1.93. The fraction of sp³-hybridized carbons (Fsp3) is 0.143. The Kier molecular flexibility index (Phi) is 3.50. The van der Waals surface area contributed by atoms with Crippen molar-refractivity contribution in [1.82, 2.24) is 0 Å². The maximum absolute atomic E-state index is 12.3. The van der Waals surface area contributed by atoms with Crippen molar-refractivity contribution in [3.8, 4) is 5.75 Å². The minimum Gasteiger partial charge on any atom is -0.507 e. The average Bonchev–Trinajstić information content (AvgIpc) is 1.97. The van der Waals surface area contributed by atoms with E-state index in [9.17, 15) is 8.78 Å². The third kappa shape index (κ3) is 1.98. The summed E-state index contributed by atoms with van der Waals surface area (Å²) in [5.74, 6) is -0.0914. The molecule has 0 atom stereocenters. The van der Waals surface area contributed by atoms with Gasteiger partial charge in [0.05, 0.1) is 3.57 Å². The molecule has 0 aliphatic heterocycles. The van der Waals surface area contributed by atoms with E-state index >= 15 is 0 Å². The van der Waals surface area contributed by atoms with E-state index in [0.717, 1.165) is 0 Å². The number of halogens is 4. The highest BCUT2D eigenvalue weighted by atomic mass is 127. The summed E-state index contributed by atoms with van der Waals surface area (Å²) in [5.41, 5.74) is -0.0869. The molecule has 0 aliphatic rings. The van der Waals surface area contributed by atoms with Gasteiger partial charge in [0.1, 0.15) is 5.75 Å². The van der Waals surface area contributed by atoms with Crippen LogP contribution in [0.1, 0.15) is 12.0 Å². The number of hydrogen-bond acceptors (Lipinski definition) is 1. The molecular weight excluding hydrogens is 392 g/mol. The van der Waals surface area contributed by atoms with E-state index in [-0.39, 0.29) is 14.9 Å². The molecule has 5 heteroatoms. The van der Waals surface area contributed by atoms with Gasteiger partial charge in [0, 0.05) is 9.13 Å². The van der Waals surface area contributed by atoms with Crippen molar-refractivity contribution in [3.05, 3.63) is 24.8 Å². The van der Waals surface area contributed by atoms with Crippen molar-refractivity contribution in [2.45, 2.75) is 6.43 Å². The largest absolute Gasteiger partial charge is 0.507 e. The fourth-order valence-corrected chi connectivity index (χ4v) is 2.66. The molecule has 1 N–H and O–H groups in total. The molecular formula is C7H4F2I2O. The smallest absolute Gasteiger partial charge is 0.266 e. The standard InChI is InChI=1S/C7H4F2I2O/c8-7(9)5-3(10)1-2-4(12)6(5)11/h1-2,7,12H. The Labute approximate surface area is 95.4 Å². The van der Waals surface area contributed by atoms with E-state index in [0.29, 0.717) is 3.57 Å². The number of rotatable bonds is 1. The van der Waals surface area contributed by atoms with Crippen LogP contribution in [0.25, 0.3) is 0 Å². The van der Waals surface area contributed by atoms with Gasteiger partial charge in [0.2, 0.25) is 0 Å². The topological polar surface area (TPSA) is 20.2 Å². The third-order valence-electron chi connectivity index (χ3n) is 1.32. The van der Waals surface area contributed by atoms with E-state index in [4.69, 9.17) is 5.11 Å². The second kappa shape index (κ2) is 4.03. The van der Waals surface area contributed by atoms with Gasteiger partial charge >= 0.3 is 0 Å². The van der Waals surface area contributed by atoms with Gasteiger partial charge in [-0.1, -0.05) is 0 Å². The van der Waals surface area contributed by atoms with Crippen LogP contribution in [0.3, 0.4) is 0 Å². The summed E-state index contributed by atoms with van der Waals surface area (Å²) in [6.07, 6.45) is -2.53. The zero-order valence-electron chi connectivity index (χ0n) is 5.69. The van der Waals surface area contributed by atoms with Crippen LogP contribution in [-0.4, -0.2) is 5.11 Å². The normalized spacial score (nSPS) is 10.8. The van der Waals surface area contributed by atoms with E-state index < -0.39 is 6.43 Å². The predicted octanol–water partition coefficient (Wildman–Crippen LogP) is 3.54. The number of phenolic OH excluding ortho intramolecular Hbond substituents is 1. The van der Waals surface area contributed by atoms with E-state index in [1.165, 1.54) is 12.1 Å². The molecule has 0 aromatic heterocycles. The molecule has 12 heavy (non-hydrogen) atoms. The molecule has 0 spiro atoms. The van der Waals surface area contributed by atoms with Crippen LogP contribution >= 0.6 is 45.2 Å². The van der Waals surface area contributed by atoms with Gasteiger partial charge in [-0.2, -0.15) is 0 Å². The Morgan fingerprint density at radius 2 is 1.83 bits per heavy atom. The highest BCUT2D eigenvalue weighted by Gasteiger charge is 2.17. The highest BCUT2D eigenvalue weighted by Crippen LogP contribution is 2.33. The molecule has 0 amide bonds. The van der Waals surface area contributed by atoms with Crippen molar-refractivity contribution in [1.29, 1.82) is 0 Å². The van der Waals surface area contributed by atoms with Gasteiger partial charge in [-0.3, -0.25) is 0 Å². The van der Waals surface area contributed by atoms with Gasteiger partial charge in [-0.25, -0.2) is 8.78 Å². The molecule has 1 aromatic carbocycles. The van der Waals surface area contributed by atoms with Crippen molar-refractivity contribution in [3.63, 3.8) is 0 Å². The lowest BCUT2D eigenvalue weighted by molar-refractivity contribution is 0.149. The number of benzene rings is 1. The van der Waals surface area contributed by atoms with Crippen molar-refractivity contribution < 1.29 is 13.9 Å². The molecule has 0 saturated carbocycles. The second-order valence-electron chi connectivity index (χ2n) is 2.09. The number of aromatic hydroxyl groups is 1. The van der Waals surface area contributed by atoms with Crippen LogP contribution < -0.4 is 0 Å². The van der Waals surface area contributed by atoms with Gasteiger partial charge in [-0.15, -0.1) is 0 Å². The molecule has 0 radical (unpaired) electrons. The van der Waals surface area contributed by atoms with Crippen molar-refractivity contribution >= 4 is 45.2 Å². The van der Waals surface area contributed by atoms with Gasteiger partial charge < -0.3 is 5.11 Å². The molecule has 1 aromatic rings. The highest BCUT2D eigenvalue weighted by molar-refractivity contribution is 14.1. The lowest BCUT2D eigenvalue weighted by atomic mass is 10.2. The molecule has 1 rings (SSSR count). The maximum Gasteiger partial charge on any atom is 0.266 e. The predicted molar refractivity (Wildman–Crippen MR) is 58.5 cm³/mol. The fourth-order valence-electron chi connectivity index (χ4n) is 0.758. The van der Waals surface area contributed by atoms with Crippen LogP contribution in [0.2, 0.25) is 0 Å². The Balaban J connectivity index is 3.33. The van der Waals surface area contributed by atoms with Crippen molar-refractivity contribution in [2.75, 3.05) is 0 Å². The third-order valence-corrected chi connectivity index (χ3v) is 3.40. The Morgan fingerprint density at radius 3 is 2.25 bits per heavy atom. The van der Waals surface area contributed by atoms with E-state index in [1.54, 1.807) is 22.6 Å². The SMILES string of the molecule is Oc1ccc(I)c(C(F)F)c1I. The van der Waals surface area contributed by atoms with Crippen LogP contribution in [0, 0.1) is 7.14 Å². The van der Waals surface area contributed by atoms with Gasteiger partial charge in [-0.05, 0) is 57.3 Å². The summed E-state index contributed by atoms with van der Waals surface area (Å²) in [6.45, 7) is 0. The Bertz CT molecular complexity index is 302. The van der Waals surface area contributed by atoms with Crippen LogP contribution in [0.15, 0.2) is 12.1 Å². The Morgan fingerprint density at radius 1 is 1.25 bits per heavy atom. The maximum atomic E-state index is 12.3. The van der Waals surface area contributed by atoms with Gasteiger partial charge in [0.15, 0.2) is 0 Å². The number of phenols is 1. The molecule has 66 valence electrons. The van der Waals surface area contributed by atoms with Crippen molar-refractivity contribution in [2.24, 2.45) is 0 Å². The molecule has 1 nitrogen and oxygen atoms in total. The van der Waals surface area contributed by atoms with E-state index in [1.807, 2.05) is 22.6 Å². The first-order chi connectivity index (χ1) is 5.54.